The number of halogens is 1. The van der Waals surface area contributed by atoms with Gasteiger partial charge < -0.3 is 9.47 Å². The minimum atomic E-state index is -1.14. The van der Waals surface area contributed by atoms with Gasteiger partial charge in [0, 0.05) is 19.2 Å². The van der Waals surface area contributed by atoms with Crippen LogP contribution >= 0.6 is 15.9 Å². The predicted molar refractivity (Wildman–Crippen MR) is 97.5 cm³/mol. The van der Waals surface area contributed by atoms with Gasteiger partial charge in [0.15, 0.2) is 0 Å². The van der Waals surface area contributed by atoms with Crippen LogP contribution in [0.15, 0.2) is 22.7 Å². The first-order valence-corrected chi connectivity index (χ1v) is 12.2. The van der Waals surface area contributed by atoms with Crippen molar-refractivity contribution < 1.29 is 14.3 Å². The lowest BCUT2D eigenvalue weighted by Crippen LogP contribution is -2.22. The van der Waals surface area contributed by atoms with E-state index in [-0.39, 0.29) is 5.82 Å². The van der Waals surface area contributed by atoms with Crippen LogP contribution in [0.1, 0.15) is 17.5 Å². The maximum Gasteiger partial charge on any atom is 0.374 e. The Morgan fingerprint density at radius 2 is 2.09 bits per heavy atom. The molecule has 1 aromatic carbocycles. The Bertz CT molecular complexity index is 694. The van der Waals surface area contributed by atoms with Crippen molar-refractivity contribution in [2.75, 3.05) is 13.2 Å². The number of carbonyl (C=O) groups is 1. The number of hydrogen-bond donors (Lipinski definition) is 0. The molecule has 0 amide bonds. The first kappa shape index (κ1) is 18.2. The molecule has 0 spiro atoms. The van der Waals surface area contributed by atoms with Gasteiger partial charge in [0.2, 0.25) is 5.82 Å². The summed E-state index contributed by atoms with van der Waals surface area (Å²) in [5.74, 6) is -0.137. The van der Waals surface area contributed by atoms with Crippen molar-refractivity contribution in [2.24, 2.45) is 0 Å². The van der Waals surface area contributed by atoms with Gasteiger partial charge in [-0.25, -0.2) is 9.78 Å². The number of carbonyl (C=O) groups excluding carboxylic acids is 1. The third kappa shape index (κ3) is 4.89. The van der Waals surface area contributed by atoms with Crippen LogP contribution in [0.3, 0.4) is 0 Å². The molecule has 126 valence electrons. The molecule has 0 atom stereocenters. The van der Waals surface area contributed by atoms with Gasteiger partial charge >= 0.3 is 5.97 Å². The minimum absolute atomic E-state index is 0.285. The molecule has 0 N–H and O–H groups in total. The molecule has 0 bridgehead atoms. The average molecular weight is 399 g/mol. The third-order valence-electron chi connectivity index (χ3n) is 3.39. The van der Waals surface area contributed by atoms with E-state index in [0.29, 0.717) is 19.9 Å². The highest BCUT2D eigenvalue weighted by Gasteiger charge is 2.19. The second-order valence-electron chi connectivity index (χ2n) is 6.56. The Morgan fingerprint density at radius 3 is 2.74 bits per heavy atom. The SMILES string of the molecule is CCOC(=O)c1nc2cc(Br)ccc2n1COCC[Si](C)(C)C. The first-order valence-electron chi connectivity index (χ1n) is 7.72. The molecule has 1 aromatic heterocycles. The maximum atomic E-state index is 12.1. The molecule has 0 aliphatic heterocycles. The topological polar surface area (TPSA) is 53.3 Å². The lowest BCUT2D eigenvalue weighted by molar-refractivity contribution is 0.0468. The third-order valence-corrected chi connectivity index (χ3v) is 5.58. The summed E-state index contributed by atoms with van der Waals surface area (Å²) in [7, 11) is -1.14. The molecule has 0 fully saturated rings. The minimum Gasteiger partial charge on any atom is -0.460 e. The monoisotopic (exact) mass is 398 g/mol. The number of benzene rings is 1. The number of fused-ring (bicyclic) bond motifs is 1. The molecule has 0 aliphatic carbocycles. The molecule has 5 nitrogen and oxygen atoms in total. The normalized spacial score (nSPS) is 11.9. The quantitative estimate of drug-likeness (QED) is 0.396. The fourth-order valence-electron chi connectivity index (χ4n) is 2.12. The molecule has 2 rings (SSSR count). The summed E-state index contributed by atoms with van der Waals surface area (Å²) in [5, 5.41) is 0. The zero-order valence-electron chi connectivity index (χ0n) is 14.1. The standard InChI is InChI=1S/C16H23BrN2O3Si/c1-5-22-16(20)15-18-13-10-12(17)6-7-14(13)19(15)11-21-8-9-23(2,3)4/h6-7,10H,5,8-9,11H2,1-4H3. The Labute approximate surface area is 146 Å². The van der Waals surface area contributed by atoms with Crippen LogP contribution in [-0.2, 0) is 16.2 Å². The van der Waals surface area contributed by atoms with Crippen LogP contribution < -0.4 is 0 Å². The van der Waals surface area contributed by atoms with Crippen LogP contribution in [0, 0.1) is 0 Å². The summed E-state index contributed by atoms with van der Waals surface area (Å²) in [5.41, 5.74) is 1.61. The molecule has 0 saturated carbocycles. The van der Waals surface area contributed by atoms with E-state index in [4.69, 9.17) is 9.47 Å². The van der Waals surface area contributed by atoms with Crippen molar-refractivity contribution >= 4 is 41.0 Å². The van der Waals surface area contributed by atoms with Crippen LogP contribution in [0.4, 0.5) is 0 Å². The summed E-state index contributed by atoms with van der Waals surface area (Å²) in [6.45, 7) is 10.0. The lowest BCUT2D eigenvalue weighted by atomic mass is 10.3. The highest BCUT2D eigenvalue weighted by molar-refractivity contribution is 9.10. The van der Waals surface area contributed by atoms with E-state index in [1.165, 1.54) is 0 Å². The number of nitrogens with zero attached hydrogens (tertiary/aromatic N) is 2. The Morgan fingerprint density at radius 1 is 1.35 bits per heavy atom. The van der Waals surface area contributed by atoms with Crippen LogP contribution in [0.25, 0.3) is 11.0 Å². The van der Waals surface area contributed by atoms with E-state index in [9.17, 15) is 4.79 Å². The van der Waals surface area contributed by atoms with Crippen LogP contribution in [-0.4, -0.2) is 36.8 Å². The smallest absolute Gasteiger partial charge is 0.374 e. The van der Waals surface area contributed by atoms with Crippen molar-refractivity contribution in [3.63, 3.8) is 0 Å². The molecule has 7 heteroatoms. The summed E-state index contributed by atoms with van der Waals surface area (Å²) in [6.07, 6.45) is 0. The number of aromatic nitrogens is 2. The van der Waals surface area contributed by atoms with Gasteiger partial charge in [-0.05, 0) is 31.2 Å². The van der Waals surface area contributed by atoms with Crippen molar-refractivity contribution in [3.8, 4) is 0 Å². The molecule has 0 unspecified atom stereocenters. The van der Waals surface area contributed by atoms with Gasteiger partial charge in [0.1, 0.15) is 6.73 Å². The van der Waals surface area contributed by atoms with Crippen LogP contribution in [0.5, 0.6) is 0 Å². The fourth-order valence-corrected chi connectivity index (χ4v) is 3.22. The number of hydrogen-bond acceptors (Lipinski definition) is 4. The van der Waals surface area contributed by atoms with E-state index < -0.39 is 14.0 Å². The van der Waals surface area contributed by atoms with Gasteiger partial charge in [-0.15, -0.1) is 0 Å². The fraction of sp³-hybridized carbons (Fsp3) is 0.500. The zero-order valence-corrected chi connectivity index (χ0v) is 16.6. The summed E-state index contributed by atoms with van der Waals surface area (Å²) >= 11 is 3.43. The summed E-state index contributed by atoms with van der Waals surface area (Å²) < 4.78 is 13.6. The second kappa shape index (κ2) is 7.59. The summed E-state index contributed by atoms with van der Waals surface area (Å²) in [4.78, 5) is 16.6. The highest BCUT2D eigenvalue weighted by Crippen LogP contribution is 2.22. The van der Waals surface area contributed by atoms with E-state index in [2.05, 4.69) is 40.6 Å². The highest BCUT2D eigenvalue weighted by atomic mass is 79.9. The number of imidazole rings is 1. The molecule has 23 heavy (non-hydrogen) atoms. The molecule has 0 saturated heterocycles. The molecule has 0 radical (unpaired) electrons. The number of rotatable bonds is 7. The van der Waals surface area contributed by atoms with Gasteiger partial charge in [-0.3, -0.25) is 4.57 Å². The average Bonchev–Trinajstić information content (AvgIpc) is 2.80. The summed E-state index contributed by atoms with van der Waals surface area (Å²) in [6, 6.07) is 6.82. The number of ether oxygens (including phenoxy) is 2. The van der Waals surface area contributed by atoms with Crippen molar-refractivity contribution in [1.82, 2.24) is 9.55 Å². The van der Waals surface area contributed by atoms with E-state index in [0.717, 1.165) is 21.6 Å². The van der Waals surface area contributed by atoms with Gasteiger partial charge in [0.25, 0.3) is 0 Å². The van der Waals surface area contributed by atoms with E-state index in [1.807, 2.05) is 18.2 Å². The largest absolute Gasteiger partial charge is 0.460 e. The van der Waals surface area contributed by atoms with Gasteiger partial charge in [-0.2, -0.15) is 0 Å². The Balaban J connectivity index is 2.24. The van der Waals surface area contributed by atoms with Crippen LogP contribution in [0.2, 0.25) is 25.7 Å². The molecule has 0 aliphatic rings. The first-order chi connectivity index (χ1) is 10.8. The van der Waals surface area contributed by atoms with E-state index in [1.54, 1.807) is 11.5 Å². The van der Waals surface area contributed by atoms with Crippen molar-refractivity contribution in [1.29, 1.82) is 0 Å². The van der Waals surface area contributed by atoms with Crippen molar-refractivity contribution in [2.45, 2.75) is 39.3 Å². The maximum absolute atomic E-state index is 12.1. The molecular formula is C16H23BrN2O3Si. The van der Waals surface area contributed by atoms with Gasteiger partial charge in [0.05, 0.1) is 17.6 Å². The lowest BCUT2D eigenvalue weighted by Gasteiger charge is -2.16. The Hall–Kier alpha value is -1.18. The molecular weight excluding hydrogens is 376 g/mol. The van der Waals surface area contributed by atoms with Crippen molar-refractivity contribution in [3.05, 3.63) is 28.5 Å². The molecule has 2 aromatic rings. The predicted octanol–water partition coefficient (Wildman–Crippen LogP) is 4.29. The molecule has 1 heterocycles. The zero-order chi connectivity index (χ0) is 17.0. The Kier molecular flexibility index (Phi) is 5.99. The second-order valence-corrected chi connectivity index (χ2v) is 13.1. The van der Waals surface area contributed by atoms with Gasteiger partial charge in [-0.1, -0.05) is 35.6 Å². The van der Waals surface area contributed by atoms with E-state index >= 15 is 0 Å². The number of esters is 1.